The van der Waals surface area contributed by atoms with Gasteiger partial charge in [-0.05, 0) is 36.2 Å². The lowest BCUT2D eigenvalue weighted by atomic mass is 10.0. The molecular weight excluding hydrogens is 318 g/mol. The normalized spacial score (nSPS) is 13.0. The van der Waals surface area contributed by atoms with Crippen LogP contribution in [-0.4, -0.2) is 21.4 Å². The van der Waals surface area contributed by atoms with Crippen molar-refractivity contribution in [3.8, 4) is 11.4 Å². The molecule has 6 nitrogen and oxygen atoms in total. The SMILES string of the molecule is O=C1CCc2ccc(OC(=O)c3cccc(-n4ccnc4)c3)cc2N1. The standard InChI is InChI=1S/C19H15N3O3/c23-18-7-5-13-4-6-16(11-17(13)21-18)25-19(24)14-2-1-3-15(10-14)22-9-8-20-12-22/h1-4,6,8-12H,5,7H2,(H,21,23). The Morgan fingerprint density at radius 1 is 1.16 bits per heavy atom. The first-order valence-electron chi connectivity index (χ1n) is 7.92. The van der Waals surface area contributed by atoms with Crippen molar-refractivity contribution in [2.24, 2.45) is 0 Å². The van der Waals surface area contributed by atoms with E-state index in [2.05, 4.69) is 10.3 Å². The third-order valence-electron chi connectivity index (χ3n) is 4.07. The average molecular weight is 333 g/mol. The van der Waals surface area contributed by atoms with Crippen LogP contribution >= 0.6 is 0 Å². The largest absolute Gasteiger partial charge is 0.423 e. The van der Waals surface area contributed by atoms with Gasteiger partial charge in [-0.1, -0.05) is 12.1 Å². The fraction of sp³-hybridized carbons (Fsp3) is 0.105. The summed E-state index contributed by atoms with van der Waals surface area (Å²) in [5, 5.41) is 2.80. The summed E-state index contributed by atoms with van der Waals surface area (Å²) in [6, 6.07) is 12.4. The maximum absolute atomic E-state index is 12.4. The van der Waals surface area contributed by atoms with Gasteiger partial charge in [-0.25, -0.2) is 9.78 Å². The van der Waals surface area contributed by atoms with E-state index in [0.717, 1.165) is 11.3 Å². The number of carbonyl (C=O) groups excluding carboxylic acids is 2. The molecule has 2 heterocycles. The Balaban J connectivity index is 1.55. The van der Waals surface area contributed by atoms with Gasteiger partial charge in [-0.3, -0.25) is 4.79 Å². The average Bonchev–Trinajstić information content (AvgIpc) is 3.16. The Hall–Kier alpha value is -3.41. The lowest BCUT2D eigenvalue weighted by Gasteiger charge is -2.17. The van der Waals surface area contributed by atoms with Crippen molar-refractivity contribution in [3.63, 3.8) is 0 Å². The van der Waals surface area contributed by atoms with Crippen LogP contribution in [0.1, 0.15) is 22.3 Å². The molecule has 0 radical (unpaired) electrons. The van der Waals surface area contributed by atoms with E-state index in [-0.39, 0.29) is 5.91 Å². The van der Waals surface area contributed by atoms with Gasteiger partial charge in [0.2, 0.25) is 5.91 Å². The highest BCUT2D eigenvalue weighted by atomic mass is 16.5. The number of anilines is 1. The summed E-state index contributed by atoms with van der Waals surface area (Å²) in [6.45, 7) is 0. The van der Waals surface area contributed by atoms with Crippen LogP contribution in [0.3, 0.4) is 0 Å². The third kappa shape index (κ3) is 3.14. The molecule has 0 unspecified atom stereocenters. The van der Waals surface area contributed by atoms with Crippen molar-refractivity contribution in [2.75, 3.05) is 5.32 Å². The second-order valence-electron chi connectivity index (χ2n) is 5.78. The summed E-state index contributed by atoms with van der Waals surface area (Å²) in [5.41, 5.74) is 3.01. The number of ether oxygens (including phenoxy) is 1. The minimum absolute atomic E-state index is 0.0241. The van der Waals surface area contributed by atoms with Crippen LogP contribution in [0, 0.1) is 0 Å². The Labute approximate surface area is 144 Å². The number of esters is 1. The third-order valence-corrected chi connectivity index (χ3v) is 4.07. The Morgan fingerprint density at radius 3 is 2.92 bits per heavy atom. The number of aromatic nitrogens is 2. The van der Waals surface area contributed by atoms with Gasteiger partial charge < -0.3 is 14.6 Å². The van der Waals surface area contributed by atoms with Gasteiger partial charge in [0.15, 0.2) is 0 Å². The highest BCUT2D eigenvalue weighted by molar-refractivity contribution is 5.95. The second-order valence-corrected chi connectivity index (χ2v) is 5.78. The Kier molecular flexibility index (Phi) is 3.78. The number of imidazole rings is 1. The molecule has 0 bridgehead atoms. The number of benzene rings is 2. The topological polar surface area (TPSA) is 73.2 Å². The van der Waals surface area contributed by atoms with Gasteiger partial charge >= 0.3 is 5.97 Å². The molecule has 0 fully saturated rings. The number of rotatable bonds is 3. The fourth-order valence-corrected chi connectivity index (χ4v) is 2.79. The number of aryl methyl sites for hydroxylation is 1. The first kappa shape index (κ1) is 15.1. The predicted molar refractivity (Wildman–Crippen MR) is 91.9 cm³/mol. The zero-order chi connectivity index (χ0) is 17.2. The summed E-state index contributed by atoms with van der Waals surface area (Å²) in [6.07, 6.45) is 6.31. The van der Waals surface area contributed by atoms with Gasteiger partial charge in [0, 0.05) is 36.3 Å². The summed E-state index contributed by atoms with van der Waals surface area (Å²) < 4.78 is 7.27. The molecular formula is C19H15N3O3. The van der Waals surface area contributed by atoms with Gasteiger partial charge in [-0.15, -0.1) is 0 Å². The van der Waals surface area contributed by atoms with Crippen molar-refractivity contribution >= 4 is 17.6 Å². The number of nitrogens with one attached hydrogen (secondary N) is 1. The summed E-state index contributed by atoms with van der Waals surface area (Å²) in [7, 11) is 0. The van der Waals surface area contributed by atoms with Gasteiger partial charge in [0.25, 0.3) is 0 Å². The van der Waals surface area contributed by atoms with Gasteiger partial charge in [0.05, 0.1) is 11.9 Å². The summed E-state index contributed by atoms with van der Waals surface area (Å²) >= 11 is 0. The van der Waals surface area contributed by atoms with Crippen molar-refractivity contribution in [1.29, 1.82) is 0 Å². The number of fused-ring (bicyclic) bond motifs is 1. The van der Waals surface area contributed by atoms with Crippen LogP contribution in [-0.2, 0) is 11.2 Å². The molecule has 1 aliphatic heterocycles. The molecule has 4 rings (SSSR count). The first-order chi connectivity index (χ1) is 12.2. The van der Waals surface area contributed by atoms with Crippen LogP contribution < -0.4 is 10.1 Å². The van der Waals surface area contributed by atoms with Crippen molar-refractivity contribution < 1.29 is 14.3 Å². The van der Waals surface area contributed by atoms with E-state index >= 15 is 0 Å². The molecule has 1 aromatic heterocycles. The molecule has 25 heavy (non-hydrogen) atoms. The van der Waals surface area contributed by atoms with E-state index < -0.39 is 5.97 Å². The second kappa shape index (κ2) is 6.24. The van der Waals surface area contributed by atoms with E-state index in [1.165, 1.54) is 0 Å². The maximum Gasteiger partial charge on any atom is 0.343 e. The zero-order valence-corrected chi connectivity index (χ0v) is 13.3. The quantitative estimate of drug-likeness (QED) is 0.591. The highest BCUT2D eigenvalue weighted by Crippen LogP contribution is 2.27. The molecule has 2 aromatic carbocycles. The Morgan fingerprint density at radius 2 is 2.08 bits per heavy atom. The zero-order valence-electron chi connectivity index (χ0n) is 13.3. The van der Waals surface area contributed by atoms with Gasteiger partial charge in [0.1, 0.15) is 5.75 Å². The molecule has 1 amide bonds. The molecule has 124 valence electrons. The smallest absolute Gasteiger partial charge is 0.343 e. The molecule has 6 heteroatoms. The van der Waals surface area contributed by atoms with E-state index in [4.69, 9.17) is 4.74 Å². The molecule has 1 N–H and O–H groups in total. The number of nitrogens with zero attached hydrogens (tertiary/aromatic N) is 2. The van der Waals surface area contributed by atoms with Crippen molar-refractivity contribution in [2.45, 2.75) is 12.8 Å². The fourth-order valence-electron chi connectivity index (χ4n) is 2.79. The van der Waals surface area contributed by atoms with Crippen molar-refractivity contribution in [3.05, 3.63) is 72.3 Å². The minimum Gasteiger partial charge on any atom is -0.423 e. The number of hydrogen-bond acceptors (Lipinski definition) is 4. The van der Waals surface area contributed by atoms with Gasteiger partial charge in [-0.2, -0.15) is 0 Å². The molecule has 0 saturated carbocycles. The predicted octanol–water partition coefficient (Wildman–Crippen LogP) is 2.98. The maximum atomic E-state index is 12.4. The molecule has 0 saturated heterocycles. The van der Waals surface area contributed by atoms with Crippen molar-refractivity contribution in [1.82, 2.24) is 9.55 Å². The minimum atomic E-state index is -0.455. The van der Waals surface area contributed by atoms with Crippen LogP contribution in [0.5, 0.6) is 5.75 Å². The lowest BCUT2D eigenvalue weighted by Crippen LogP contribution is -2.19. The Bertz CT molecular complexity index is 948. The van der Waals surface area contributed by atoms with Crippen LogP contribution in [0.25, 0.3) is 5.69 Å². The number of amides is 1. The number of hydrogen-bond donors (Lipinski definition) is 1. The lowest BCUT2D eigenvalue weighted by molar-refractivity contribution is -0.116. The van der Waals surface area contributed by atoms with Crippen LogP contribution in [0.4, 0.5) is 5.69 Å². The summed E-state index contributed by atoms with van der Waals surface area (Å²) in [5.74, 6) is -0.0768. The monoisotopic (exact) mass is 333 g/mol. The highest BCUT2D eigenvalue weighted by Gasteiger charge is 2.16. The van der Waals surface area contributed by atoms with Crippen LogP contribution in [0.15, 0.2) is 61.2 Å². The first-order valence-corrected chi connectivity index (χ1v) is 7.92. The number of carbonyl (C=O) groups is 2. The van der Waals surface area contributed by atoms with E-state index in [1.54, 1.807) is 49.1 Å². The van der Waals surface area contributed by atoms with E-state index in [0.29, 0.717) is 29.8 Å². The van der Waals surface area contributed by atoms with Crippen LogP contribution in [0.2, 0.25) is 0 Å². The van der Waals surface area contributed by atoms with E-state index in [1.807, 2.05) is 16.7 Å². The molecule has 3 aromatic rings. The van der Waals surface area contributed by atoms with E-state index in [9.17, 15) is 9.59 Å². The molecule has 1 aliphatic rings. The molecule has 0 atom stereocenters. The molecule has 0 spiro atoms. The molecule has 0 aliphatic carbocycles. The summed E-state index contributed by atoms with van der Waals surface area (Å²) in [4.78, 5) is 27.9.